The van der Waals surface area contributed by atoms with E-state index < -0.39 is 0 Å². The average Bonchev–Trinajstić information content (AvgIpc) is 2.78. The maximum atomic E-state index is 4.80. The molecule has 1 aromatic rings. The van der Waals surface area contributed by atoms with E-state index in [0.717, 1.165) is 26.2 Å². The summed E-state index contributed by atoms with van der Waals surface area (Å²) in [5.74, 6) is 0. The van der Waals surface area contributed by atoms with Crippen LogP contribution in [0.1, 0.15) is 44.8 Å². The van der Waals surface area contributed by atoms with Crippen molar-refractivity contribution in [2.75, 3.05) is 19.6 Å². The quantitative estimate of drug-likeness (QED) is 0.912. The highest BCUT2D eigenvalue weighted by Gasteiger charge is 2.23. The first kappa shape index (κ1) is 14.0. The van der Waals surface area contributed by atoms with Gasteiger partial charge in [0.2, 0.25) is 0 Å². The van der Waals surface area contributed by atoms with Crippen LogP contribution in [0.3, 0.4) is 0 Å². The average molecular weight is 267 g/mol. The molecule has 2 heterocycles. The summed E-state index contributed by atoms with van der Waals surface area (Å²) in [7, 11) is 0. The van der Waals surface area contributed by atoms with Crippen LogP contribution >= 0.6 is 11.3 Å². The zero-order valence-electron chi connectivity index (χ0n) is 12.0. The highest BCUT2D eigenvalue weighted by Crippen LogP contribution is 2.25. The lowest BCUT2D eigenvalue weighted by molar-refractivity contribution is 0.149. The summed E-state index contributed by atoms with van der Waals surface area (Å²) in [6, 6.07) is 0.667. The molecule has 102 valence electrons. The fourth-order valence-corrected chi connectivity index (χ4v) is 3.36. The van der Waals surface area contributed by atoms with Gasteiger partial charge >= 0.3 is 0 Å². The molecule has 1 N–H and O–H groups in total. The van der Waals surface area contributed by atoms with Crippen LogP contribution in [0.4, 0.5) is 0 Å². The molecule has 0 bridgehead atoms. The Balaban J connectivity index is 2.02. The highest BCUT2D eigenvalue weighted by atomic mass is 32.1. The monoisotopic (exact) mass is 267 g/mol. The van der Waals surface area contributed by atoms with E-state index in [2.05, 4.69) is 43.3 Å². The predicted octanol–water partition coefficient (Wildman–Crippen LogP) is 2.62. The second-order valence-electron chi connectivity index (χ2n) is 6.11. The largest absolute Gasteiger partial charge is 0.314 e. The minimum Gasteiger partial charge on any atom is -0.314 e. The Morgan fingerprint density at radius 2 is 2.28 bits per heavy atom. The summed E-state index contributed by atoms with van der Waals surface area (Å²) in [4.78, 5) is 7.37. The second-order valence-corrected chi connectivity index (χ2v) is 7.06. The minimum absolute atomic E-state index is 0.169. The van der Waals surface area contributed by atoms with Crippen LogP contribution in [0, 0.1) is 0 Å². The molecule has 1 saturated heterocycles. The molecule has 0 aromatic carbocycles. The molecule has 0 spiro atoms. The number of piperazine rings is 1. The van der Waals surface area contributed by atoms with Gasteiger partial charge in [0.25, 0.3) is 0 Å². The number of nitrogens with one attached hydrogen (secondary N) is 1. The molecule has 1 aliphatic rings. The van der Waals surface area contributed by atoms with Gasteiger partial charge in [-0.1, -0.05) is 27.7 Å². The number of hydrogen-bond donors (Lipinski definition) is 1. The van der Waals surface area contributed by atoms with E-state index in [1.165, 1.54) is 17.1 Å². The third-order valence-corrected chi connectivity index (χ3v) is 4.44. The number of nitrogens with zero attached hydrogens (tertiary/aromatic N) is 2. The van der Waals surface area contributed by atoms with Crippen LogP contribution in [0.5, 0.6) is 0 Å². The second kappa shape index (κ2) is 5.68. The van der Waals surface area contributed by atoms with Crippen molar-refractivity contribution in [3.63, 3.8) is 0 Å². The lowest BCUT2D eigenvalue weighted by Crippen LogP contribution is -2.50. The Bertz CT molecular complexity index is 381. The molecule has 1 unspecified atom stereocenters. The topological polar surface area (TPSA) is 28.2 Å². The molecular weight excluding hydrogens is 242 g/mol. The summed E-state index contributed by atoms with van der Waals surface area (Å²) in [5, 5.41) is 6.96. The Hall–Kier alpha value is -0.450. The van der Waals surface area contributed by atoms with Crippen molar-refractivity contribution in [3.8, 4) is 0 Å². The van der Waals surface area contributed by atoms with Crippen molar-refractivity contribution in [1.82, 2.24) is 15.2 Å². The Labute approximate surface area is 115 Å². The van der Waals surface area contributed by atoms with E-state index in [4.69, 9.17) is 4.98 Å². The van der Waals surface area contributed by atoms with E-state index in [0.29, 0.717) is 6.04 Å². The van der Waals surface area contributed by atoms with Crippen LogP contribution in [0.2, 0.25) is 0 Å². The first-order valence-electron chi connectivity index (χ1n) is 6.90. The zero-order valence-corrected chi connectivity index (χ0v) is 12.8. The van der Waals surface area contributed by atoms with Crippen molar-refractivity contribution >= 4 is 11.3 Å². The number of rotatable bonds is 3. The summed E-state index contributed by atoms with van der Waals surface area (Å²) < 4.78 is 0. The van der Waals surface area contributed by atoms with E-state index in [-0.39, 0.29) is 5.41 Å². The van der Waals surface area contributed by atoms with Gasteiger partial charge in [-0.05, 0) is 6.42 Å². The summed E-state index contributed by atoms with van der Waals surface area (Å²) in [6.07, 6.45) is 1.21. The molecule has 1 fully saturated rings. The van der Waals surface area contributed by atoms with Gasteiger partial charge in [0.15, 0.2) is 0 Å². The van der Waals surface area contributed by atoms with Gasteiger partial charge in [-0.3, -0.25) is 4.90 Å². The van der Waals surface area contributed by atoms with Crippen molar-refractivity contribution in [3.05, 3.63) is 16.1 Å². The third-order valence-electron chi connectivity index (χ3n) is 3.60. The van der Waals surface area contributed by atoms with Crippen LogP contribution in [0.15, 0.2) is 5.38 Å². The van der Waals surface area contributed by atoms with Crippen LogP contribution in [-0.4, -0.2) is 35.6 Å². The van der Waals surface area contributed by atoms with Gasteiger partial charge in [0.05, 0.1) is 12.2 Å². The van der Waals surface area contributed by atoms with E-state index in [9.17, 15) is 0 Å². The molecule has 2 rings (SSSR count). The first-order valence-corrected chi connectivity index (χ1v) is 7.78. The van der Waals surface area contributed by atoms with Crippen molar-refractivity contribution in [2.24, 2.45) is 0 Å². The van der Waals surface area contributed by atoms with Gasteiger partial charge in [0.1, 0.15) is 5.01 Å². The maximum Gasteiger partial charge on any atom is 0.107 e. The summed E-state index contributed by atoms with van der Waals surface area (Å²) in [6.45, 7) is 13.3. The van der Waals surface area contributed by atoms with Gasteiger partial charge in [-0.15, -0.1) is 11.3 Å². The molecule has 18 heavy (non-hydrogen) atoms. The van der Waals surface area contributed by atoms with Crippen molar-refractivity contribution < 1.29 is 0 Å². The molecule has 1 aliphatic heterocycles. The lowest BCUT2D eigenvalue weighted by atomic mass is 9.93. The molecule has 0 amide bonds. The standard InChI is InChI=1S/C14H25N3S/c1-5-11-8-15-6-7-17(11)9-13-16-12(10-18-13)14(2,3)4/h10-11,15H,5-9H2,1-4H3. The van der Waals surface area contributed by atoms with E-state index >= 15 is 0 Å². The molecule has 0 radical (unpaired) electrons. The molecular formula is C14H25N3S. The molecule has 4 heteroatoms. The Morgan fingerprint density at radius 3 is 2.89 bits per heavy atom. The normalized spacial score (nSPS) is 22.3. The Morgan fingerprint density at radius 1 is 1.50 bits per heavy atom. The smallest absolute Gasteiger partial charge is 0.107 e. The first-order chi connectivity index (χ1) is 8.50. The maximum absolute atomic E-state index is 4.80. The molecule has 0 aliphatic carbocycles. The number of thiazole rings is 1. The third kappa shape index (κ3) is 3.31. The number of aromatic nitrogens is 1. The molecule has 1 aromatic heterocycles. The Kier molecular flexibility index (Phi) is 4.41. The highest BCUT2D eigenvalue weighted by molar-refractivity contribution is 7.09. The van der Waals surface area contributed by atoms with Crippen LogP contribution in [0.25, 0.3) is 0 Å². The SMILES string of the molecule is CCC1CNCCN1Cc1nc(C(C)(C)C)cs1. The van der Waals surface area contributed by atoms with Crippen LogP contribution < -0.4 is 5.32 Å². The van der Waals surface area contributed by atoms with Gasteiger partial charge < -0.3 is 5.32 Å². The molecule has 3 nitrogen and oxygen atoms in total. The van der Waals surface area contributed by atoms with Crippen molar-refractivity contribution in [2.45, 2.75) is 52.1 Å². The zero-order chi connectivity index (χ0) is 13.2. The van der Waals surface area contributed by atoms with Crippen molar-refractivity contribution in [1.29, 1.82) is 0 Å². The van der Waals surface area contributed by atoms with E-state index in [1.54, 1.807) is 0 Å². The van der Waals surface area contributed by atoms with E-state index in [1.807, 2.05) is 11.3 Å². The summed E-state index contributed by atoms with van der Waals surface area (Å²) >= 11 is 1.81. The lowest BCUT2D eigenvalue weighted by Gasteiger charge is -2.35. The minimum atomic E-state index is 0.169. The number of hydrogen-bond acceptors (Lipinski definition) is 4. The predicted molar refractivity (Wildman–Crippen MR) is 78.2 cm³/mol. The molecule has 0 saturated carbocycles. The fraction of sp³-hybridized carbons (Fsp3) is 0.786. The van der Waals surface area contributed by atoms with Gasteiger partial charge in [-0.25, -0.2) is 4.98 Å². The van der Waals surface area contributed by atoms with Crippen LogP contribution in [-0.2, 0) is 12.0 Å². The fourth-order valence-electron chi connectivity index (χ4n) is 2.32. The molecule has 1 atom stereocenters. The van der Waals surface area contributed by atoms with Gasteiger partial charge in [-0.2, -0.15) is 0 Å². The summed E-state index contributed by atoms with van der Waals surface area (Å²) in [5.41, 5.74) is 1.40. The van der Waals surface area contributed by atoms with Gasteiger partial charge in [0, 0.05) is 36.5 Å².